The van der Waals surface area contributed by atoms with Crippen LogP contribution in [0.2, 0.25) is 0 Å². The van der Waals surface area contributed by atoms with Crippen LogP contribution in [0.15, 0.2) is 54.7 Å². The van der Waals surface area contributed by atoms with Crippen molar-refractivity contribution in [1.82, 2.24) is 14.9 Å². The largest absolute Gasteiger partial charge is 0.497 e. The molecule has 0 unspecified atom stereocenters. The number of rotatable bonds is 6. The number of hydrogen-bond donors (Lipinski definition) is 1. The van der Waals surface area contributed by atoms with Crippen molar-refractivity contribution in [3.63, 3.8) is 0 Å². The molecule has 0 saturated carbocycles. The zero-order chi connectivity index (χ0) is 19.3. The second kappa shape index (κ2) is 8.46. The maximum absolute atomic E-state index is 5.75. The average molecular weight is 379 g/mol. The first-order valence-electron chi connectivity index (χ1n) is 9.41. The van der Waals surface area contributed by atoms with Gasteiger partial charge in [-0.2, -0.15) is 0 Å². The highest BCUT2D eigenvalue weighted by atomic mass is 16.5. The van der Waals surface area contributed by atoms with Crippen LogP contribution in [0.4, 0.5) is 0 Å². The molecule has 0 aliphatic carbocycles. The number of hydrogen-bond acceptors (Lipinski definition) is 5. The van der Waals surface area contributed by atoms with E-state index in [0.29, 0.717) is 6.61 Å². The molecule has 6 heteroatoms. The van der Waals surface area contributed by atoms with Crippen LogP contribution in [0.3, 0.4) is 0 Å². The Kier molecular flexibility index (Phi) is 5.60. The van der Waals surface area contributed by atoms with Gasteiger partial charge in [0.1, 0.15) is 17.3 Å². The molecule has 1 atom stereocenters. The third-order valence-corrected chi connectivity index (χ3v) is 5.10. The average Bonchev–Trinajstić information content (AvgIpc) is 3.25. The SMILES string of the molecule is COc1ccc(CN2CCOC[C@H]2c2ncc(-c3ccc(OC)cc3)[nH]2)cc1. The van der Waals surface area contributed by atoms with Gasteiger partial charge in [-0.25, -0.2) is 4.98 Å². The quantitative estimate of drug-likeness (QED) is 0.708. The van der Waals surface area contributed by atoms with E-state index in [-0.39, 0.29) is 6.04 Å². The monoisotopic (exact) mass is 379 g/mol. The van der Waals surface area contributed by atoms with Crippen LogP contribution in [0.1, 0.15) is 17.4 Å². The normalized spacial score (nSPS) is 17.4. The highest BCUT2D eigenvalue weighted by Crippen LogP contribution is 2.27. The first-order chi connectivity index (χ1) is 13.8. The minimum absolute atomic E-state index is 0.0999. The van der Waals surface area contributed by atoms with Crippen molar-refractivity contribution < 1.29 is 14.2 Å². The highest BCUT2D eigenvalue weighted by Gasteiger charge is 2.27. The molecule has 146 valence electrons. The Labute approximate surface area is 165 Å². The first kappa shape index (κ1) is 18.5. The van der Waals surface area contributed by atoms with Gasteiger partial charge in [0.15, 0.2) is 0 Å². The van der Waals surface area contributed by atoms with Gasteiger partial charge < -0.3 is 19.2 Å². The van der Waals surface area contributed by atoms with Gasteiger partial charge in [0.2, 0.25) is 0 Å². The molecule has 6 nitrogen and oxygen atoms in total. The van der Waals surface area contributed by atoms with Gasteiger partial charge in [0.05, 0.1) is 45.4 Å². The number of nitrogens with zero attached hydrogens (tertiary/aromatic N) is 2. The van der Waals surface area contributed by atoms with E-state index in [1.807, 2.05) is 42.6 Å². The number of ether oxygens (including phenoxy) is 3. The summed E-state index contributed by atoms with van der Waals surface area (Å²) >= 11 is 0. The third kappa shape index (κ3) is 4.03. The summed E-state index contributed by atoms with van der Waals surface area (Å²) in [4.78, 5) is 10.5. The van der Waals surface area contributed by atoms with Crippen LogP contribution >= 0.6 is 0 Å². The highest BCUT2D eigenvalue weighted by molar-refractivity contribution is 5.59. The lowest BCUT2D eigenvalue weighted by molar-refractivity contribution is -0.0156. The molecule has 1 aromatic heterocycles. The Morgan fingerprint density at radius 1 is 1.04 bits per heavy atom. The van der Waals surface area contributed by atoms with Crippen LogP contribution in [0.25, 0.3) is 11.3 Å². The summed E-state index contributed by atoms with van der Waals surface area (Å²) in [5.74, 6) is 2.64. The van der Waals surface area contributed by atoms with Crippen molar-refractivity contribution in [3.8, 4) is 22.8 Å². The Balaban J connectivity index is 1.51. The molecule has 0 spiro atoms. The summed E-state index contributed by atoms with van der Waals surface area (Å²) < 4.78 is 16.2. The molecule has 1 aliphatic heterocycles. The van der Waals surface area contributed by atoms with Gasteiger partial charge >= 0.3 is 0 Å². The zero-order valence-electron chi connectivity index (χ0n) is 16.2. The molecule has 2 aromatic carbocycles. The second-order valence-corrected chi connectivity index (χ2v) is 6.82. The van der Waals surface area contributed by atoms with Crippen LogP contribution in [-0.4, -0.2) is 48.8 Å². The number of morpholine rings is 1. The van der Waals surface area contributed by atoms with E-state index in [9.17, 15) is 0 Å². The fraction of sp³-hybridized carbons (Fsp3) is 0.318. The fourth-order valence-electron chi connectivity index (χ4n) is 3.47. The lowest BCUT2D eigenvalue weighted by Gasteiger charge is -2.34. The first-order valence-corrected chi connectivity index (χ1v) is 9.41. The van der Waals surface area contributed by atoms with Crippen LogP contribution < -0.4 is 9.47 Å². The second-order valence-electron chi connectivity index (χ2n) is 6.82. The van der Waals surface area contributed by atoms with Gasteiger partial charge in [-0.3, -0.25) is 4.90 Å². The molecule has 1 aliphatic rings. The number of benzene rings is 2. The molecule has 1 fully saturated rings. The summed E-state index contributed by atoms with van der Waals surface area (Å²) in [5.41, 5.74) is 3.32. The standard InChI is InChI=1S/C22H25N3O3/c1-26-18-7-3-16(4-8-18)14-25-11-12-28-15-21(25)22-23-13-20(24-22)17-5-9-19(27-2)10-6-17/h3-10,13,21H,11-12,14-15H2,1-2H3,(H,23,24)/t21-/m0/s1. The summed E-state index contributed by atoms with van der Waals surface area (Å²) in [5, 5.41) is 0. The molecule has 4 rings (SSSR count). The predicted molar refractivity (Wildman–Crippen MR) is 108 cm³/mol. The number of aromatic nitrogens is 2. The lowest BCUT2D eigenvalue weighted by atomic mass is 10.1. The summed E-state index contributed by atoms with van der Waals surface area (Å²) in [6, 6.07) is 16.3. The molecule has 28 heavy (non-hydrogen) atoms. The van der Waals surface area contributed by atoms with Gasteiger partial charge in [0.25, 0.3) is 0 Å². The smallest absolute Gasteiger partial charge is 0.126 e. The summed E-state index contributed by atoms with van der Waals surface area (Å²) in [6.45, 7) is 3.08. The number of aromatic amines is 1. The molecule has 3 aromatic rings. The molecular weight excluding hydrogens is 354 g/mol. The van der Waals surface area contributed by atoms with Crippen molar-refractivity contribution in [2.24, 2.45) is 0 Å². The third-order valence-electron chi connectivity index (χ3n) is 5.10. The minimum atomic E-state index is 0.0999. The maximum atomic E-state index is 5.75. The Hall–Kier alpha value is -2.83. The van der Waals surface area contributed by atoms with Crippen molar-refractivity contribution in [1.29, 1.82) is 0 Å². The van der Waals surface area contributed by atoms with Gasteiger partial charge in [0, 0.05) is 13.1 Å². The van der Waals surface area contributed by atoms with Crippen LogP contribution in [0.5, 0.6) is 11.5 Å². The topological polar surface area (TPSA) is 59.6 Å². The van der Waals surface area contributed by atoms with Crippen LogP contribution in [-0.2, 0) is 11.3 Å². The molecule has 1 saturated heterocycles. The van der Waals surface area contributed by atoms with Gasteiger partial charge in [-0.05, 0) is 47.5 Å². The van der Waals surface area contributed by atoms with E-state index >= 15 is 0 Å². The van der Waals surface area contributed by atoms with Crippen molar-refractivity contribution in [2.45, 2.75) is 12.6 Å². The summed E-state index contributed by atoms with van der Waals surface area (Å²) in [6.07, 6.45) is 1.89. The number of methoxy groups -OCH3 is 2. The molecule has 1 N–H and O–H groups in total. The number of nitrogens with one attached hydrogen (secondary N) is 1. The Bertz CT molecular complexity index is 890. The van der Waals surface area contributed by atoms with E-state index in [2.05, 4.69) is 27.0 Å². The molecular formula is C22H25N3O3. The van der Waals surface area contributed by atoms with Crippen LogP contribution in [0, 0.1) is 0 Å². The van der Waals surface area contributed by atoms with Gasteiger partial charge in [-0.1, -0.05) is 12.1 Å². The maximum Gasteiger partial charge on any atom is 0.126 e. The van der Waals surface area contributed by atoms with Crippen molar-refractivity contribution in [2.75, 3.05) is 34.0 Å². The zero-order valence-corrected chi connectivity index (χ0v) is 16.2. The number of H-pyrrole nitrogens is 1. The fourth-order valence-corrected chi connectivity index (χ4v) is 3.47. The molecule has 2 heterocycles. The van der Waals surface area contributed by atoms with E-state index < -0.39 is 0 Å². The van der Waals surface area contributed by atoms with E-state index in [1.165, 1.54) is 5.56 Å². The van der Waals surface area contributed by atoms with Crippen molar-refractivity contribution in [3.05, 3.63) is 66.1 Å². The molecule has 0 bridgehead atoms. The molecule has 0 radical (unpaired) electrons. The van der Waals surface area contributed by atoms with Crippen molar-refractivity contribution >= 4 is 0 Å². The van der Waals surface area contributed by atoms with Gasteiger partial charge in [-0.15, -0.1) is 0 Å². The van der Waals surface area contributed by atoms with E-state index in [0.717, 1.165) is 48.3 Å². The minimum Gasteiger partial charge on any atom is -0.497 e. The van der Waals surface area contributed by atoms with E-state index in [4.69, 9.17) is 14.2 Å². The summed E-state index contributed by atoms with van der Waals surface area (Å²) in [7, 11) is 3.36. The Morgan fingerprint density at radius 2 is 1.71 bits per heavy atom. The van der Waals surface area contributed by atoms with E-state index in [1.54, 1.807) is 14.2 Å². The predicted octanol–water partition coefficient (Wildman–Crippen LogP) is 3.67. The molecule has 0 amide bonds. The lowest BCUT2D eigenvalue weighted by Crippen LogP contribution is -2.39. The Morgan fingerprint density at radius 3 is 2.39 bits per heavy atom. The number of imidazole rings is 1.